The van der Waals surface area contributed by atoms with Gasteiger partial charge in [0.15, 0.2) is 6.61 Å². The standard InChI is InChI=1S/C19H20Cl2N2O2/c1-14-3-2-4-17(9-14)22-5-7-23(8-6-22)19(24)13-25-18-11-15(20)10-16(21)12-18/h2-4,9-12H,5-8,13H2,1H3. The van der Waals surface area contributed by atoms with Crippen LogP contribution in [0.3, 0.4) is 0 Å². The molecule has 0 unspecified atom stereocenters. The summed E-state index contributed by atoms with van der Waals surface area (Å²) >= 11 is 11.9. The minimum Gasteiger partial charge on any atom is -0.484 e. The third-order valence-electron chi connectivity index (χ3n) is 4.20. The van der Waals surface area contributed by atoms with Gasteiger partial charge in [-0.25, -0.2) is 0 Å². The Morgan fingerprint density at radius 1 is 1.04 bits per heavy atom. The van der Waals surface area contributed by atoms with E-state index in [2.05, 4.69) is 36.1 Å². The highest BCUT2D eigenvalue weighted by atomic mass is 35.5. The molecule has 4 nitrogen and oxygen atoms in total. The van der Waals surface area contributed by atoms with Crippen molar-refractivity contribution in [3.05, 3.63) is 58.1 Å². The van der Waals surface area contributed by atoms with Crippen LogP contribution in [0.2, 0.25) is 10.0 Å². The van der Waals surface area contributed by atoms with Gasteiger partial charge in [0.1, 0.15) is 5.75 Å². The van der Waals surface area contributed by atoms with Crippen LogP contribution in [0.25, 0.3) is 0 Å². The fraction of sp³-hybridized carbons (Fsp3) is 0.316. The normalized spacial score (nSPS) is 14.5. The first-order valence-corrected chi connectivity index (χ1v) is 8.95. The second-order valence-corrected chi connectivity index (χ2v) is 6.97. The Morgan fingerprint density at radius 2 is 1.72 bits per heavy atom. The second kappa shape index (κ2) is 7.98. The minimum atomic E-state index is -0.0278. The molecule has 132 valence electrons. The van der Waals surface area contributed by atoms with Crippen LogP contribution in [-0.2, 0) is 4.79 Å². The highest BCUT2D eigenvalue weighted by Gasteiger charge is 2.21. The molecule has 0 spiro atoms. The third-order valence-corrected chi connectivity index (χ3v) is 4.63. The van der Waals surface area contributed by atoms with Gasteiger partial charge in [-0.2, -0.15) is 0 Å². The number of carbonyl (C=O) groups excluding carboxylic acids is 1. The van der Waals surface area contributed by atoms with Crippen LogP contribution in [0.4, 0.5) is 5.69 Å². The summed E-state index contributed by atoms with van der Waals surface area (Å²) in [5, 5.41) is 0.975. The average Bonchev–Trinajstić information content (AvgIpc) is 2.59. The summed E-state index contributed by atoms with van der Waals surface area (Å²) in [4.78, 5) is 16.5. The van der Waals surface area contributed by atoms with E-state index in [1.807, 2.05) is 4.90 Å². The van der Waals surface area contributed by atoms with Crippen molar-refractivity contribution in [3.8, 4) is 5.75 Å². The first-order chi connectivity index (χ1) is 12.0. The van der Waals surface area contributed by atoms with E-state index in [1.165, 1.54) is 11.3 Å². The molecule has 0 N–H and O–H groups in total. The molecule has 1 amide bonds. The van der Waals surface area contributed by atoms with Gasteiger partial charge in [0.2, 0.25) is 0 Å². The van der Waals surface area contributed by atoms with E-state index in [0.717, 1.165) is 13.1 Å². The Hall–Kier alpha value is -1.91. The van der Waals surface area contributed by atoms with Crippen molar-refractivity contribution in [1.82, 2.24) is 4.90 Å². The SMILES string of the molecule is Cc1cccc(N2CCN(C(=O)COc3cc(Cl)cc(Cl)c3)CC2)c1. The monoisotopic (exact) mass is 378 g/mol. The van der Waals surface area contributed by atoms with Gasteiger partial charge >= 0.3 is 0 Å². The van der Waals surface area contributed by atoms with Crippen LogP contribution in [-0.4, -0.2) is 43.6 Å². The van der Waals surface area contributed by atoms with E-state index in [-0.39, 0.29) is 12.5 Å². The van der Waals surface area contributed by atoms with E-state index >= 15 is 0 Å². The van der Waals surface area contributed by atoms with Crippen LogP contribution in [0.5, 0.6) is 5.75 Å². The molecule has 1 heterocycles. The maximum atomic E-state index is 12.4. The molecule has 1 aliphatic heterocycles. The lowest BCUT2D eigenvalue weighted by Crippen LogP contribution is -2.50. The van der Waals surface area contributed by atoms with Gasteiger partial charge in [-0.05, 0) is 42.8 Å². The zero-order valence-corrected chi connectivity index (χ0v) is 15.6. The summed E-state index contributed by atoms with van der Waals surface area (Å²) < 4.78 is 5.54. The summed E-state index contributed by atoms with van der Waals surface area (Å²) in [5.74, 6) is 0.476. The second-order valence-electron chi connectivity index (χ2n) is 6.10. The van der Waals surface area contributed by atoms with Crippen molar-refractivity contribution in [3.63, 3.8) is 0 Å². The van der Waals surface area contributed by atoms with Gasteiger partial charge in [0.25, 0.3) is 5.91 Å². The number of piperazine rings is 1. The van der Waals surface area contributed by atoms with Crippen molar-refractivity contribution in [1.29, 1.82) is 0 Å². The Labute approximate surface area is 157 Å². The van der Waals surface area contributed by atoms with Crippen molar-refractivity contribution >= 4 is 34.8 Å². The summed E-state index contributed by atoms with van der Waals surface area (Å²) in [6.45, 7) is 5.08. The number of rotatable bonds is 4. The first kappa shape index (κ1) is 17.9. The number of anilines is 1. The van der Waals surface area contributed by atoms with E-state index in [1.54, 1.807) is 18.2 Å². The van der Waals surface area contributed by atoms with Crippen LogP contribution in [0, 0.1) is 6.92 Å². The third kappa shape index (κ3) is 4.80. The van der Waals surface area contributed by atoms with Crippen molar-refractivity contribution in [2.45, 2.75) is 6.92 Å². The summed E-state index contributed by atoms with van der Waals surface area (Å²) in [7, 11) is 0. The average molecular weight is 379 g/mol. The number of amides is 1. The number of ether oxygens (including phenoxy) is 1. The lowest BCUT2D eigenvalue weighted by molar-refractivity contribution is -0.133. The predicted molar refractivity (Wildman–Crippen MR) is 102 cm³/mol. The molecule has 2 aromatic rings. The van der Waals surface area contributed by atoms with Gasteiger partial charge in [0.05, 0.1) is 0 Å². The van der Waals surface area contributed by atoms with E-state index in [0.29, 0.717) is 28.9 Å². The molecule has 0 atom stereocenters. The molecule has 0 aliphatic carbocycles. The molecule has 1 saturated heterocycles. The highest BCUT2D eigenvalue weighted by molar-refractivity contribution is 6.34. The quantitative estimate of drug-likeness (QED) is 0.804. The molecule has 0 saturated carbocycles. The van der Waals surface area contributed by atoms with Crippen LogP contribution in [0.15, 0.2) is 42.5 Å². The molecule has 1 aliphatic rings. The number of aryl methyl sites for hydroxylation is 1. The number of hydrogen-bond donors (Lipinski definition) is 0. The van der Waals surface area contributed by atoms with Gasteiger partial charge in [-0.1, -0.05) is 35.3 Å². The number of carbonyl (C=O) groups is 1. The fourth-order valence-corrected chi connectivity index (χ4v) is 3.39. The molecule has 1 fully saturated rings. The number of halogens is 2. The Kier molecular flexibility index (Phi) is 5.71. The largest absolute Gasteiger partial charge is 0.484 e. The molecule has 0 radical (unpaired) electrons. The maximum absolute atomic E-state index is 12.4. The Balaban J connectivity index is 1.51. The zero-order chi connectivity index (χ0) is 17.8. The molecule has 0 aromatic heterocycles. The Morgan fingerprint density at radius 3 is 2.36 bits per heavy atom. The maximum Gasteiger partial charge on any atom is 0.260 e. The molecule has 3 rings (SSSR count). The smallest absolute Gasteiger partial charge is 0.260 e. The lowest BCUT2D eigenvalue weighted by Gasteiger charge is -2.36. The van der Waals surface area contributed by atoms with E-state index in [9.17, 15) is 4.79 Å². The minimum absolute atomic E-state index is 0.0128. The summed E-state index contributed by atoms with van der Waals surface area (Å²) in [6, 6.07) is 13.4. The number of nitrogens with zero attached hydrogens (tertiary/aromatic N) is 2. The molecule has 0 bridgehead atoms. The highest BCUT2D eigenvalue weighted by Crippen LogP contribution is 2.24. The molecular weight excluding hydrogens is 359 g/mol. The van der Waals surface area contributed by atoms with Gasteiger partial charge < -0.3 is 14.5 Å². The predicted octanol–water partition coefficient (Wildman–Crippen LogP) is 4.03. The van der Waals surface area contributed by atoms with E-state index in [4.69, 9.17) is 27.9 Å². The molecule has 25 heavy (non-hydrogen) atoms. The Bertz CT molecular complexity index is 739. The van der Waals surface area contributed by atoms with Crippen molar-refractivity contribution in [2.75, 3.05) is 37.7 Å². The first-order valence-electron chi connectivity index (χ1n) is 8.19. The molecule has 2 aromatic carbocycles. The topological polar surface area (TPSA) is 32.8 Å². The lowest BCUT2D eigenvalue weighted by atomic mass is 10.2. The zero-order valence-electron chi connectivity index (χ0n) is 14.0. The molecule has 6 heteroatoms. The van der Waals surface area contributed by atoms with Crippen molar-refractivity contribution < 1.29 is 9.53 Å². The number of hydrogen-bond acceptors (Lipinski definition) is 3. The van der Waals surface area contributed by atoms with Crippen LogP contribution in [0.1, 0.15) is 5.56 Å². The molecular formula is C19H20Cl2N2O2. The van der Waals surface area contributed by atoms with E-state index < -0.39 is 0 Å². The van der Waals surface area contributed by atoms with Gasteiger partial charge in [-0.3, -0.25) is 4.79 Å². The number of benzene rings is 2. The van der Waals surface area contributed by atoms with Gasteiger partial charge in [-0.15, -0.1) is 0 Å². The van der Waals surface area contributed by atoms with Crippen molar-refractivity contribution in [2.24, 2.45) is 0 Å². The fourth-order valence-electron chi connectivity index (χ4n) is 2.89. The summed E-state index contributed by atoms with van der Waals surface area (Å²) in [5.41, 5.74) is 2.45. The van der Waals surface area contributed by atoms with Gasteiger partial charge in [0, 0.05) is 41.9 Å². The van der Waals surface area contributed by atoms with Crippen LogP contribution < -0.4 is 9.64 Å². The summed E-state index contributed by atoms with van der Waals surface area (Å²) in [6.07, 6.45) is 0. The van der Waals surface area contributed by atoms with Crippen LogP contribution >= 0.6 is 23.2 Å².